The minimum atomic E-state index is 0.0762. The molecule has 2 aliphatic carbocycles. The van der Waals surface area contributed by atoms with Gasteiger partial charge in [0.15, 0.2) is 0 Å². The first-order valence-electron chi connectivity index (χ1n) is 9.60. The largest absolute Gasteiger partial charge is 0.362 e. The lowest BCUT2D eigenvalue weighted by Gasteiger charge is -2.50. The van der Waals surface area contributed by atoms with Gasteiger partial charge in [-0.05, 0) is 43.0 Å². The quantitative estimate of drug-likeness (QED) is 0.678. The summed E-state index contributed by atoms with van der Waals surface area (Å²) in [6, 6.07) is 9.34. The molecule has 4 unspecified atom stereocenters. The third-order valence-electron chi connectivity index (χ3n) is 5.63. The molecule has 1 saturated heterocycles. The summed E-state index contributed by atoms with van der Waals surface area (Å²) in [4.78, 5) is 2.53. The van der Waals surface area contributed by atoms with Crippen molar-refractivity contribution in [1.29, 1.82) is 0 Å². The molecule has 0 spiro atoms. The zero-order valence-corrected chi connectivity index (χ0v) is 16.4. The molecule has 0 amide bonds. The van der Waals surface area contributed by atoms with E-state index < -0.39 is 0 Å². The van der Waals surface area contributed by atoms with E-state index in [0.29, 0.717) is 0 Å². The van der Waals surface area contributed by atoms with Crippen molar-refractivity contribution in [3.8, 4) is 0 Å². The van der Waals surface area contributed by atoms with Crippen molar-refractivity contribution >= 4 is 5.69 Å². The van der Waals surface area contributed by atoms with E-state index in [-0.39, 0.29) is 29.7 Å². The maximum atomic E-state index is 6.57. The van der Waals surface area contributed by atoms with Gasteiger partial charge in [-0.25, -0.2) is 0 Å². The number of anilines is 1. The summed E-state index contributed by atoms with van der Waals surface area (Å²) in [5.41, 5.74) is 5.32. The number of benzene rings is 1. The van der Waals surface area contributed by atoms with Crippen LogP contribution in [0.1, 0.15) is 33.3 Å². The maximum absolute atomic E-state index is 6.57. The molecule has 4 atom stereocenters. The summed E-state index contributed by atoms with van der Waals surface area (Å²) in [6.45, 7) is 11.1. The van der Waals surface area contributed by atoms with Crippen molar-refractivity contribution in [1.82, 2.24) is 0 Å². The molecular weight excluding hydrogens is 318 g/mol. The third-order valence-corrected chi connectivity index (χ3v) is 5.63. The third kappa shape index (κ3) is 3.07. The number of nitrogens with zero attached hydrogens (tertiary/aromatic N) is 1. The summed E-state index contributed by atoms with van der Waals surface area (Å²) >= 11 is 0. The second-order valence-electron chi connectivity index (χ2n) is 8.79. The number of hydrogen-bond acceptors (Lipinski definition) is 2. The predicted molar refractivity (Wildman–Crippen MR) is 109 cm³/mol. The molecule has 0 N–H and O–H groups in total. The standard InChI is InChI=1S/C24H29NO/c1-16-6-10-19(11-7-16)25-20-12-8-17(2)14-22(20)26-23-15-18(24(3,4)5)9-13-21(23)25/h6-15,20-23H,1-5H3. The van der Waals surface area contributed by atoms with E-state index in [0.717, 1.165) is 0 Å². The van der Waals surface area contributed by atoms with Gasteiger partial charge in [-0.1, -0.05) is 74.4 Å². The van der Waals surface area contributed by atoms with E-state index in [1.165, 1.54) is 22.4 Å². The highest BCUT2D eigenvalue weighted by Gasteiger charge is 2.42. The van der Waals surface area contributed by atoms with Crippen LogP contribution in [0.5, 0.6) is 0 Å². The maximum Gasteiger partial charge on any atom is 0.101 e. The Labute approximate surface area is 157 Å². The Morgan fingerprint density at radius 3 is 2.12 bits per heavy atom. The minimum Gasteiger partial charge on any atom is -0.362 e. The predicted octanol–water partition coefficient (Wildman–Crippen LogP) is 5.36. The zero-order valence-electron chi connectivity index (χ0n) is 16.4. The van der Waals surface area contributed by atoms with Crippen LogP contribution in [-0.4, -0.2) is 24.3 Å². The molecule has 2 nitrogen and oxygen atoms in total. The van der Waals surface area contributed by atoms with Gasteiger partial charge < -0.3 is 9.64 Å². The smallest absolute Gasteiger partial charge is 0.101 e. The number of ether oxygens (including phenoxy) is 1. The highest BCUT2D eigenvalue weighted by Crippen LogP contribution is 2.39. The number of rotatable bonds is 1. The molecule has 136 valence electrons. The van der Waals surface area contributed by atoms with Crippen molar-refractivity contribution in [3.05, 3.63) is 77.4 Å². The van der Waals surface area contributed by atoms with Crippen LogP contribution < -0.4 is 4.90 Å². The number of morpholine rings is 1. The summed E-state index contributed by atoms with van der Waals surface area (Å²) in [7, 11) is 0. The van der Waals surface area contributed by atoms with Crippen LogP contribution in [0.25, 0.3) is 0 Å². The molecule has 4 rings (SSSR count). The first kappa shape index (κ1) is 17.4. The van der Waals surface area contributed by atoms with Crippen LogP contribution >= 0.6 is 0 Å². The first-order chi connectivity index (χ1) is 12.3. The lowest BCUT2D eigenvalue weighted by molar-refractivity contribution is -0.00697. The summed E-state index contributed by atoms with van der Waals surface area (Å²) < 4.78 is 6.57. The normalized spacial score (nSPS) is 30.4. The van der Waals surface area contributed by atoms with E-state index in [2.05, 4.69) is 100 Å². The minimum absolute atomic E-state index is 0.0762. The number of allylic oxidation sites excluding steroid dienone is 4. The summed E-state index contributed by atoms with van der Waals surface area (Å²) in [5, 5.41) is 0. The lowest BCUT2D eigenvalue weighted by Crippen LogP contribution is -2.60. The van der Waals surface area contributed by atoms with E-state index >= 15 is 0 Å². The van der Waals surface area contributed by atoms with Crippen molar-refractivity contribution in [3.63, 3.8) is 0 Å². The Morgan fingerprint density at radius 2 is 1.46 bits per heavy atom. The number of hydrogen-bond donors (Lipinski definition) is 0. The van der Waals surface area contributed by atoms with Gasteiger partial charge >= 0.3 is 0 Å². The molecule has 1 heterocycles. The van der Waals surface area contributed by atoms with Gasteiger partial charge in [0.1, 0.15) is 12.2 Å². The second kappa shape index (κ2) is 6.28. The fourth-order valence-corrected chi connectivity index (χ4v) is 4.10. The second-order valence-corrected chi connectivity index (χ2v) is 8.79. The summed E-state index contributed by atoms with van der Waals surface area (Å²) in [6.07, 6.45) is 13.9. The van der Waals surface area contributed by atoms with Crippen LogP contribution in [0.2, 0.25) is 0 Å². The molecule has 26 heavy (non-hydrogen) atoms. The molecule has 2 heteroatoms. The van der Waals surface area contributed by atoms with Gasteiger partial charge in [-0.2, -0.15) is 0 Å². The highest BCUT2D eigenvalue weighted by atomic mass is 16.5. The van der Waals surface area contributed by atoms with E-state index in [4.69, 9.17) is 4.74 Å². The molecule has 0 saturated carbocycles. The molecular formula is C24H29NO. The Hall–Kier alpha value is -2.06. The monoisotopic (exact) mass is 347 g/mol. The SMILES string of the molecule is CC1=CC2OC3C=C(C(C)(C)C)C=CC3N(c3ccc(C)cc3)C2C=C1. The van der Waals surface area contributed by atoms with E-state index in [1.807, 2.05) is 0 Å². The molecule has 1 aromatic rings. The first-order valence-corrected chi connectivity index (χ1v) is 9.60. The van der Waals surface area contributed by atoms with Gasteiger partial charge in [0.05, 0.1) is 12.1 Å². The number of fused-ring (bicyclic) bond motifs is 2. The van der Waals surface area contributed by atoms with Crippen LogP contribution in [0, 0.1) is 12.3 Å². The van der Waals surface area contributed by atoms with Crippen LogP contribution in [0.3, 0.4) is 0 Å². The average molecular weight is 348 g/mol. The molecule has 0 bridgehead atoms. The van der Waals surface area contributed by atoms with Gasteiger partial charge in [0.25, 0.3) is 0 Å². The molecule has 1 aromatic carbocycles. The Bertz CT molecular complexity index is 804. The fraction of sp³-hybridized carbons (Fsp3) is 0.417. The van der Waals surface area contributed by atoms with Crippen LogP contribution in [-0.2, 0) is 4.74 Å². The van der Waals surface area contributed by atoms with Crippen molar-refractivity contribution < 1.29 is 4.74 Å². The topological polar surface area (TPSA) is 12.5 Å². The molecule has 1 aliphatic heterocycles. The van der Waals surface area contributed by atoms with Gasteiger partial charge in [0.2, 0.25) is 0 Å². The van der Waals surface area contributed by atoms with Gasteiger partial charge in [-0.15, -0.1) is 0 Å². The van der Waals surface area contributed by atoms with E-state index in [1.54, 1.807) is 0 Å². The summed E-state index contributed by atoms with van der Waals surface area (Å²) in [5.74, 6) is 0. The van der Waals surface area contributed by atoms with Crippen LogP contribution in [0.4, 0.5) is 5.69 Å². The Morgan fingerprint density at radius 1 is 0.846 bits per heavy atom. The molecule has 1 fully saturated rings. The van der Waals surface area contributed by atoms with E-state index in [9.17, 15) is 0 Å². The van der Waals surface area contributed by atoms with Crippen molar-refractivity contribution in [2.24, 2.45) is 5.41 Å². The Balaban J connectivity index is 1.76. The van der Waals surface area contributed by atoms with Gasteiger partial charge in [0, 0.05) is 5.69 Å². The van der Waals surface area contributed by atoms with Crippen molar-refractivity contribution in [2.75, 3.05) is 4.90 Å². The average Bonchev–Trinajstić information content (AvgIpc) is 2.59. The highest BCUT2D eigenvalue weighted by molar-refractivity contribution is 5.56. The van der Waals surface area contributed by atoms with Gasteiger partial charge in [-0.3, -0.25) is 0 Å². The van der Waals surface area contributed by atoms with Crippen molar-refractivity contribution in [2.45, 2.75) is 58.9 Å². The molecule has 0 radical (unpaired) electrons. The molecule has 3 aliphatic rings. The lowest BCUT2D eigenvalue weighted by atomic mass is 9.80. The zero-order chi connectivity index (χ0) is 18.5. The number of aryl methyl sites for hydroxylation is 1. The fourth-order valence-electron chi connectivity index (χ4n) is 4.10. The van der Waals surface area contributed by atoms with Crippen LogP contribution in [0.15, 0.2) is 71.9 Å². The molecule has 0 aromatic heterocycles. The Kier molecular flexibility index (Phi) is 4.19.